The second-order valence-electron chi connectivity index (χ2n) is 16.8. The molecule has 18 heteroatoms. The Bertz CT molecular complexity index is 2700. The zero-order valence-electron chi connectivity index (χ0n) is 36.3. The van der Waals surface area contributed by atoms with Crippen LogP contribution in [0.1, 0.15) is 71.7 Å². The molecular weight excluding hydrogens is 861 g/mol. The van der Waals surface area contributed by atoms with Crippen LogP contribution >= 0.6 is 11.8 Å². The van der Waals surface area contributed by atoms with Crippen molar-refractivity contribution in [3.8, 4) is 22.8 Å². The Kier molecular flexibility index (Phi) is 13.2. The van der Waals surface area contributed by atoms with E-state index in [1.165, 1.54) is 18.1 Å². The molecule has 9 rings (SSSR count). The second-order valence-corrected chi connectivity index (χ2v) is 17.9. The third kappa shape index (κ3) is 9.42. The predicted octanol–water partition coefficient (Wildman–Crippen LogP) is 5.10. The molecule has 0 saturated carbocycles. The molecule has 2 aromatic heterocycles. The predicted molar refractivity (Wildman–Crippen MR) is 246 cm³/mol. The summed E-state index contributed by atoms with van der Waals surface area (Å²) in [5.74, 6) is 0.366. The molecule has 0 aliphatic carbocycles. The van der Waals surface area contributed by atoms with Gasteiger partial charge >= 0.3 is 0 Å². The maximum absolute atomic E-state index is 13.5. The fourth-order valence-electron chi connectivity index (χ4n) is 9.02. The number of piperidine rings is 2. The van der Waals surface area contributed by atoms with Crippen LogP contribution in [0.15, 0.2) is 96.2 Å². The van der Waals surface area contributed by atoms with E-state index in [1.807, 2.05) is 75.2 Å². The SMILES string of the molecule is Nc1ncnc2c1c(-c1ccc(Oc3ccccc3)cc1)nn2[C@@H]1CCCN(C(=O)/C=C/CN2CCN(C(=O)CCCCSc3cccc4c3C(=O)N(C3CCC(=O)NC3=O)C4=O)CC2)C1. The monoisotopic (exact) mass is 910 g/mol. The van der Waals surface area contributed by atoms with Crippen molar-refractivity contribution in [2.45, 2.75) is 61.9 Å². The van der Waals surface area contributed by atoms with Gasteiger partial charge in [-0.05, 0) is 86.4 Å². The molecule has 340 valence electrons. The first-order valence-electron chi connectivity index (χ1n) is 22.4. The highest BCUT2D eigenvalue weighted by Gasteiger charge is 2.45. The number of thioether (sulfide) groups is 1. The van der Waals surface area contributed by atoms with Crippen LogP contribution in [-0.4, -0.2) is 132 Å². The number of nitrogens with two attached hydrogens (primary N) is 1. The lowest BCUT2D eigenvalue weighted by Crippen LogP contribution is -2.54. The summed E-state index contributed by atoms with van der Waals surface area (Å²) in [4.78, 5) is 93.7. The zero-order valence-corrected chi connectivity index (χ0v) is 37.2. The molecule has 66 heavy (non-hydrogen) atoms. The number of anilines is 1. The van der Waals surface area contributed by atoms with Gasteiger partial charge in [0.1, 0.15) is 35.4 Å². The van der Waals surface area contributed by atoms with Crippen LogP contribution in [0.2, 0.25) is 0 Å². The van der Waals surface area contributed by atoms with Crippen LogP contribution in [0, 0.1) is 0 Å². The largest absolute Gasteiger partial charge is 0.457 e. The molecule has 6 amide bonds. The van der Waals surface area contributed by atoms with Crippen LogP contribution in [0.4, 0.5) is 5.82 Å². The lowest BCUT2D eigenvalue weighted by molar-refractivity contribution is -0.136. The van der Waals surface area contributed by atoms with E-state index in [0.29, 0.717) is 97.6 Å². The second kappa shape index (κ2) is 19.7. The molecule has 0 spiro atoms. The molecule has 3 aromatic carbocycles. The van der Waals surface area contributed by atoms with Gasteiger partial charge in [-0.25, -0.2) is 14.6 Å². The number of aromatic nitrogens is 4. The van der Waals surface area contributed by atoms with Crippen LogP contribution in [-0.2, 0) is 19.2 Å². The molecule has 0 bridgehead atoms. The summed E-state index contributed by atoms with van der Waals surface area (Å²) in [6, 6.07) is 21.2. The van der Waals surface area contributed by atoms with Gasteiger partial charge in [-0.3, -0.25) is 43.9 Å². The van der Waals surface area contributed by atoms with Crippen LogP contribution in [0.25, 0.3) is 22.3 Å². The van der Waals surface area contributed by atoms with Gasteiger partial charge in [-0.2, -0.15) is 5.10 Å². The summed E-state index contributed by atoms with van der Waals surface area (Å²) >= 11 is 1.45. The summed E-state index contributed by atoms with van der Waals surface area (Å²) in [5, 5.41) is 7.92. The van der Waals surface area contributed by atoms with Gasteiger partial charge in [0.05, 0.1) is 22.6 Å². The van der Waals surface area contributed by atoms with Gasteiger partial charge in [0.25, 0.3) is 11.8 Å². The molecule has 3 fully saturated rings. The molecule has 4 aliphatic heterocycles. The Morgan fingerprint density at radius 1 is 0.848 bits per heavy atom. The standard InChI is InChI=1S/C48H50N10O7S/c49-44-42-43(31-16-18-34(19-17-31)65-33-10-2-1-3-11-33)53-58(45(42)51-30-50-44)32-9-7-23-56(29-32)40(61)15-8-22-54-24-26-55(27-25-54)39(60)14-4-5-28-66-37-13-6-12-35-41(37)48(64)57(47(35)63)36-20-21-38(59)52-46(36)62/h1-3,6,8,10-13,15-19,30,32,36H,4-5,7,9,14,20-29H2,(H2,49,50,51)(H,52,59,62)/b15-8+/t32-,36?/m1/s1. The maximum atomic E-state index is 13.5. The molecule has 6 heterocycles. The molecule has 3 N–H and O–H groups in total. The van der Waals surface area contributed by atoms with E-state index in [4.69, 9.17) is 15.6 Å². The van der Waals surface area contributed by atoms with E-state index in [9.17, 15) is 28.8 Å². The molecular formula is C48H50N10O7S. The molecule has 3 saturated heterocycles. The average Bonchev–Trinajstić information content (AvgIpc) is 3.85. The fourth-order valence-corrected chi connectivity index (χ4v) is 10.1. The molecule has 5 aromatic rings. The third-order valence-electron chi connectivity index (χ3n) is 12.5. The number of rotatable bonds is 14. The molecule has 17 nitrogen and oxygen atoms in total. The van der Waals surface area contributed by atoms with Crippen molar-refractivity contribution in [3.63, 3.8) is 0 Å². The van der Waals surface area contributed by atoms with E-state index in [2.05, 4.69) is 20.2 Å². The molecule has 0 radical (unpaired) electrons. The number of carbonyl (C=O) groups is 6. The minimum absolute atomic E-state index is 0.0579. The smallest absolute Gasteiger partial charge is 0.263 e. The number of hydrogen-bond donors (Lipinski definition) is 2. The Morgan fingerprint density at radius 2 is 1.64 bits per heavy atom. The van der Waals surface area contributed by atoms with Gasteiger partial charge in [0.2, 0.25) is 23.6 Å². The number of nitrogens with one attached hydrogen (secondary N) is 1. The van der Waals surface area contributed by atoms with Crippen molar-refractivity contribution in [1.82, 2.24) is 44.7 Å². The van der Waals surface area contributed by atoms with E-state index >= 15 is 0 Å². The van der Waals surface area contributed by atoms with Crippen molar-refractivity contribution in [3.05, 3.63) is 102 Å². The lowest BCUT2D eigenvalue weighted by Gasteiger charge is -2.34. The third-order valence-corrected chi connectivity index (χ3v) is 13.6. The number of para-hydroxylation sites is 1. The van der Waals surface area contributed by atoms with Crippen molar-refractivity contribution in [2.24, 2.45) is 0 Å². The number of amides is 6. The van der Waals surface area contributed by atoms with Crippen LogP contribution < -0.4 is 15.8 Å². The summed E-state index contributed by atoms with van der Waals surface area (Å²) < 4.78 is 7.88. The maximum Gasteiger partial charge on any atom is 0.263 e. The van der Waals surface area contributed by atoms with Gasteiger partial charge < -0.3 is 20.3 Å². The number of unbranched alkanes of at least 4 members (excludes halogenated alkanes) is 1. The number of carbonyl (C=O) groups excluding carboxylic acids is 6. The number of benzene rings is 3. The number of fused-ring (bicyclic) bond motifs is 2. The van der Waals surface area contributed by atoms with Crippen molar-refractivity contribution >= 4 is 64.1 Å². The van der Waals surface area contributed by atoms with Crippen molar-refractivity contribution in [2.75, 3.05) is 57.3 Å². The highest BCUT2D eigenvalue weighted by Crippen LogP contribution is 2.37. The van der Waals surface area contributed by atoms with Crippen LogP contribution in [0.5, 0.6) is 11.5 Å². The lowest BCUT2D eigenvalue weighted by atomic mass is 10.0. The number of ether oxygens (including phenoxy) is 1. The number of nitrogens with zero attached hydrogens (tertiary/aromatic N) is 8. The summed E-state index contributed by atoms with van der Waals surface area (Å²) in [6.45, 7) is 4.35. The van der Waals surface area contributed by atoms with E-state index in [0.717, 1.165) is 35.5 Å². The Morgan fingerprint density at radius 3 is 2.42 bits per heavy atom. The van der Waals surface area contributed by atoms with Crippen molar-refractivity contribution in [1.29, 1.82) is 0 Å². The summed E-state index contributed by atoms with van der Waals surface area (Å²) in [6.07, 6.45) is 8.63. The number of likely N-dealkylation sites (tertiary alicyclic amines) is 1. The summed E-state index contributed by atoms with van der Waals surface area (Å²) in [7, 11) is 0. The molecule has 1 unspecified atom stereocenters. The van der Waals surface area contributed by atoms with Crippen molar-refractivity contribution < 1.29 is 33.5 Å². The fraction of sp³-hybridized carbons (Fsp3) is 0.354. The van der Waals surface area contributed by atoms with Gasteiger partial charge in [0, 0.05) is 75.2 Å². The summed E-state index contributed by atoms with van der Waals surface area (Å²) in [5.41, 5.74) is 9.11. The Balaban J connectivity index is 0.716. The minimum atomic E-state index is -1.01. The Hall–Kier alpha value is -6.92. The normalized spacial score (nSPS) is 19.2. The molecule has 4 aliphatic rings. The topological polar surface area (TPSA) is 206 Å². The first-order chi connectivity index (χ1) is 32.1. The molecule has 2 atom stereocenters. The van der Waals surface area contributed by atoms with E-state index < -0.39 is 29.7 Å². The number of imide groups is 2. The highest BCUT2D eigenvalue weighted by molar-refractivity contribution is 7.99. The Labute approximate surface area is 385 Å². The number of piperazine rings is 1. The first kappa shape index (κ1) is 44.3. The van der Waals surface area contributed by atoms with Crippen LogP contribution in [0.3, 0.4) is 0 Å². The highest BCUT2D eigenvalue weighted by atomic mass is 32.2. The minimum Gasteiger partial charge on any atom is -0.457 e. The van der Waals surface area contributed by atoms with Gasteiger partial charge in [-0.1, -0.05) is 30.3 Å². The van der Waals surface area contributed by atoms with E-state index in [1.54, 1.807) is 24.3 Å². The van der Waals surface area contributed by atoms with E-state index in [-0.39, 0.29) is 41.8 Å². The number of hydrogen-bond acceptors (Lipinski definition) is 13. The van der Waals surface area contributed by atoms with Gasteiger partial charge in [-0.15, -0.1) is 11.8 Å². The van der Waals surface area contributed by atoms with Gasteiger partial charge in [0.15, 0.2) is 5.65 Å². The quantitative estimate of drug-likeness (QED) is 0.0645. The first-order valence-corrected chi connectivity index (χ1v) is 23.4. The number of nitrogen functional groups attached to an aromatic ring is 1. The average molecular weight is 911 g/mol. The zero-order chi connectivity index (χ0) is 45.7.